The van der Waals surface area contributed by atoms with E-state index in [-0.39, 0.29) is 11.8 Å². The number of hydrogen-bond acceptors (Lipinski definition) is 3. The van der Waals surface area contributed by atoms with Crippen LogP contribution in [0.3, 0.4) is 0 Å². The molecule has 1 amide bonds. The summed E-state index contributed by atoms with van der Waals surface area (Å²) in [6, 6.07) is 0. The SMILES string of the molecule is CC(CN)C(=O)NCCN1CCCC1. The van der Waals surface area contributed by atoms with Crippen molar-refractivity contribution in [1.82, 2.24) is 10.2 Å². The van der Waals surface area contributed by atoms with Crippen molar-refractivity contribution >= 4 is 5.91 Å². The summed E-state index contributed by atoms with van der Waals surface area (Å²) in [5.74, 6) is 0.0141. The van der Waals surface area contributed by atoms with E-state index in [1.807, 2.05) is 6.92 Å². The number of rotatable bonds is 5. The van der Waals surface area contributed by atoms with Gasteiger partial charge in [0, 0.05) is 25.6 Å². The maximum absolute atomic E-state index is 11.3. The highest BCUT2D eigenvalue weighted by atomic mass is 16.1. The van der Waals surface area contributed by atoms with Gasteiger partial charge in [-0.25, -0.2) is 0 Å². The van der Waals surface area contributed by atoms with E-state index < -0.39 is 0 Å². The van der Waals surface area contributed by atoms with Gasteiger partial charge in [-0.05, 0) is 25.9 Å². The van der Waals surface area contributed by atoms with Crippen LogP contribution in [-0.2, 0) is 4.79 Å². The number of likely N-dealkylation sites (tertiary alicyclic amines) is 1. The first-order valence-corrected chi connectivity index (χ1v) is 5.44. The molecular weight excluding hydrogens is 178 g/mol. The molecule has 4 nitrogen and oxygen atoms in total. The maximum Gasteiger partial charge on any atom is 0.224 e. The molecule has 0 aromatic heterocycles. The zero-order valence-electron chi connectivity index (χ0n) is 8.96. The van der Waals surface area contributed by atoms with Crippen molar-refractivity contribution in [2.24, 2.45) is 11.7 Å². The first-order chi connectivity index (χ1) is 6.74. The van der Waals surface area contributed by atoms with Crippen molar-refractivity contribution < 1.29 is 4.79 Å². The molecule has 0 aromatic rings. The zero-order chi connectivity index (χ0) is 10.4. The molecular formula is C10H21N3O. The third-order valence-electron chi connectivity index (χ3n) is 2.73. The minimum atomic E-state index is -0.0615. The van der Waals surface area contributed by atoms with Gasteiger partial charge in [0.25, 0.3) is 0 Å². The highest BCUT2D eigenvalue weighted by molar-refractivity contribution is 5.78. The van der Waals surface area contributed by atoms with Gasteiger partial charge in [0.1, 0.15) is 0 Å². The summed E-state index contributed by atoms with van der Waals surface area (Å²) in [4.78, 5) is 13.7. The fourth-order valence-corrected chi connectivity index (χ4v) is 1.62. The Bertz CT molecular complexity index is 178. The van der Waals surface area contributed by atoms with Crippen molar-refractivity contribution in [3.63, 3.8) is 0 Å². The van der Waals surface area contributed by atoms with Crippen LogP contribution < -0.4 is 11.1 Å². The lowest BCUT2D eigenvalue weighted by Gasteiger charge is -2.15. The van der Waals surface area contributed by atoms with Crippen LogP contribution >= 0.6 is 0 Å². The molecule has 14 heavy (non-hydrogen) atoms. The van der Waals surface area contributed by atoms with Gasteiger partial charge in [-0.3, -0.25) is 4.79 Å². The van der Waals surface area contributed by atoms with Crippen molar-refractivity contribution in [2.75, 3.05) is 32.7 Å². The van der Waals surface area contributed by atoms with Crippen LogP contribution in [0.5, 0.6) is 0 Å². The number of nitrogens with two attached hydrogens (primary N) is 1. The number of nitrogens with one attached hydrogen (secondary N) is 1. The molecule has 0 saturated carbocycles. The smallest absolute Gasteiger partial charge is 0.224 e. The molecule has 3 N–H and O–H groups in total. The Morgan fingerprint density at radius 3 is 2.71 bits per heavy atom. The topological polar surface area (TPSA) is 58.4 Å². The second-order valence-electron chi connectivity index (χ2n) is 3.98. The largest absolute Gasteiger partial charge is 0.355 e. The highest BCUT2D eigenvalue weighted by Gasteiger charge is 2.13. The summed E-state index contributed by atoms with van der Waals surface area (Å²) in [5.41, 5.74) is 5.40. The molecule has 0 bridgehead atoms. The first-order valence-electron chi connectivity index (χ1n) is 5.44. The van der Waals surface area contributed by atoms with Crippen LogP contribution in [0.15, 0.2) is 0 Å². The van der Waals surface area contributed by atoms with Gasteiger partial charge < -0.3 is 16.0 Å². The Labute approximate surface area is 85.8 Å². The quantitative estimate of drug-likeness (QED) is 0.644. The summed E-state index contributed by atoms with van der Waals surface area (Å²) in [5, 5.41) is 2.90. The van der Waals surface area contributed by atoms with Crippen molar-refractivity contribution in [1.29, 1.82) is 0 Å². The van der Waals surface area contributed by atoms with Gasteiger partial charge in [-0.2, -0.15) is 0 Å². The lowest BCUT2D eigenvalue weighted by Crippen LogP contribution is -2.38. The molecule has 0 radical (unpaired) electrons. The van der Waals surface area contributed by atoms with Gasteiger partial charge >= 0.3 is 0 Å². The van der Waals surface area contributed by atoms with Crippen LogP contribution in [0.25, 0.3) is 0 Å². The minimum absolute atomic E-state index is 0.0615. The number of nitrogens with zero attached hydrogens (tertiary/aromatic N) is 1. The lowest BCUT2D eigenvalue weighted by atomic mass is 10.2. The van der Waals surface area contributed by atoms with Gasteiger partial charge in [0.15, 0.2) is 0 Å². The molecule has 0 spiro atoms. The van der Waals surface area contributed by atoms with E-state index in [0.717, 1.165) is 13.1 Å². The third kappa shape index (κ3) is 3.64. The first kappa shape index (κ1) is 11.5. The van der Waals surface area contributed by atoms with Gasteiger partial charge in [0.2, 0.25) is 5.91 Å². The third-order valence-corrected chi connectivity index (χ3v) is 2.73. The van der Waals surface area contributed by atoms with Gasteiger partial charge in [-0.15, -0.1) is 0 Å². The second kappa shape index (κ2) is 5.98. The molecule has 82 valence electrons. The fourth-order valence-electron chi connectivity index (χ4n) is 1.62. The molecule has 1 aliphatic rings. The van der Waals surface area contributed by atoms with Crippen molar-refractivity contribution in [3.05, 3.63) is 0 Å². The molecule has 0 aliphatic carbocycles. The van der Waals surface area contributed by atoms with E-state index in [0.29, 0.717) is 6.54 Å². The van der Waals surface area contributed by atoms with Crippen LogP contribution in [-0.4, -0.2) is 43.5 Å². The van der Waals surface area contributed by atoms with Crippen LogP contribution in [0.2, 0.25) is 0 Å². The average molecular weight is 199 g/mol. The predicted molar refractivity (Wildman–Crippen MR) is 56.9 cm³/mol. The number of carbonyl (C=O) groups excluding carboxylic acids is 1. The molecule has 1 fully saturated rings. The summed E-state index contributed by atoms with van der Waals surface area (Å²) in [6.07, 6.45) is 2.60. The number of hydrogen-bond donors (Lipinski definition) is 2. The monoisotopic (exact) mass is 199 g/mol. The second-order valence-corrected chi connectivity index (χ2v) is 3.98. The normalized spacial score (nSPS) is 19.6. The van der Waals surface area contributed by atoms with E-state index in [1.165, 1.54) is 25.9 Å². The van der Waals surface area contributed by atoms with E-state index in [9.17, 15) is 4.79 Å². The van der Waals surface area contributed by atoms with Gasteiger partial charge in [-0.1, -0.05) is 6.92 Å². The molecule has 0 aromatic carbocycles. The van der Waals surface area contributed by atoms with Gasteiger partial charge in [0.05, 0.1) is 0 Å². The zero-order valence-corrected chi connectivity index (χ0v) is 8.96. The molecule has 1 rings (SSSR count). The Kier molecular flexibility index (Phi) is 4.90. The van der Waals surface area contributed by atoms with Crippen LogP contribution in [0, 0.1) is 5.92 Å². The van der Waals surface area contributed by atoms with Crippen LogP contribution in [0.4, 0.5) is 0 Å². The average Bonchev–Trinajstić information content (AvgIpc) is 2.69. The molecule has 1 unspecified atom stereocenters. The minimum Gasteiger partial charge on any atom is -0.355 e. The lowest BCUT2D eigenvalue weighted by molar-refractivity contribution is -0.124. The van der Waals surface area contributed by atoms with E-state index >= 15 is 0 Å². The molecule has 4 heteroatoms. The molecule has 1 aliphatic heterocycles. The van der Waals surface area contributed by atoms with E-state index in [2.05, 4.69) is 10.2 Å². The highest BCUT2D eigenvalue weighted by Crippen LogP contribution is 2.05. The number of carbonyl (C=O) groups is 1. The summed E-state index contributed by atoms with van der Waals surface area (Å²) >= 11 is 0. The Balaban J connectivity index is 2.05. The van der Waals surface area contributed by atoms with E-state index in [4.69, 9.17) is 5.73 Å². The Hall–Kier alpha value is -0.610. The standard InChI is InChI=1S/C10H21N3O/c1-9(8-11)10(14)12-4-7-13-5-2-3-6-13/h9H,2-8,11H2,1H3,(H,12,14). The maximum atomic E-state index is 11.3. The summed E-state index contributed by atoms with van der Waals surface area (Å²) < 4.78 is 0. The number of amides is 1. The Morgan fingerprint density at radius 2 is 2.14 bits per heavy atom. The van der Waals surface area contributed by atoms with Crippen LogP contribution in [0.1, 0.15) is 19.8 Å². The molecule has 1 saturated heterocycles. The summed E-state index contributed by atoms with van der Waals surface area (Å²) in [7, 11) is 0. The fraction of sp³-hybridized carbons (Fsp3) is 0.900. The Morgan fingerprint density at radius 1 is 1.50 bits per heavy atom. The molecule has 1 heterocycles. The van der Waals surface area contributed by atoms with Crippen molar-refractivity contribution in [2.45, 2.75) is 19.8 Å². The van der Waals surface area contributed by atoms with E-state index in [1.54, 1.807) is 0 Å². The van der Waals surface area contributed by atoms with Crippen molar-refractivity contribution in [3.8, 4) is 0 Å². The summed E-state index contributed by atoms with van der Waals surface area (Å²) in [6.45, 7) is 6.37. The molecule has 1 atom stereocenters. The predicted octanol–water partition coefficient (Wildman–Crippen LogP) is -0.207.